The van der Waals surface area contributed by atoms with Crippen LogP contribution in [-0.4, -0.2) is 5.91 Å². The lowest BCUT2D eigenvalue weighted by molar-refractivity contribution is -0.116. The van der Waals surface area contributed by atoms with Crippen LogP contribution in [0.25, 0.3) is 0 Å². The molecular formula is C16H12BrClFNO. The van der Waals surface area contributed by atoms with Gasteiger partial charge in [0, 0.05) is 17.1 Å². The van der Waals surface area contributed by atoms with E-state index in [1.807, 2.05) is 18.2 Å². The minimum Gasteiger partial charge on any atom is -0.326 e. The van der Waals surface area contributed by atoms with Crippen LogP contribution < -0.4 is 5.32 Å². The minimum absolute atomic E-state index is 0.0484. The molecule has 2 aromatic carbocycles. The number of anilines is 1. The molecule has 21 heavy (non-hydrogen) atoms. The first kappa shape index (κ1) is 14.5. The van der Waals surface area contributed by atoms with Crippen molar-refractivity contribution in [3.05, 3.63) is 63.9 Å². The summed E-state index contributed by atoms with van der Waals surface area (Å²) >= 11 is 9.72. The van der Waals surface area contributed by atoms with Crippen LogP contribution in [0.2, 0.25) is 5.02 Å². The highest BCUT2D eigenvalue weighted by atomic mass is 79.9. The van der Waals surface area contributed by atoms with Crippen LogP contribution in [0.5, 0.6) is 0 Å². The largest absolute Gasteiger partial charge is 0.326 e. The zero-order valence-corrected chi connectivity index (χ0v) is 13.3. The summed E-state index contributed by atoms with van der Waals surface area (Å²) in [5.74, 6) is -0.302. The molecule has 1 aliphatic rings. The van der Waals surface area contributed by atoms with Crippen molar-refractivity contribution in [1.29, 1.82) is 0 Å². The number of benzene rings is 2. The summed E-state index contributed by atoms with van der Waals surface area (Å²) in [5, 5.41) is 3.25. The first-order valence-electron chi connectivity index (χ1n) is 6.56. The van der Waals surface area contributed by atoms with E-state index in [1.165, 1.54) is 12.1 Å². The van der Waals surface area contributed by atoms with Gasteiger partial charge < -0.3 is 5.32 Å². The van der Waals surface area contributed by atoms with Crippen molar-refractivity contribution in [2.24, 2.45) is 0 Å². The molecule has 0 radical (unpaired) electrons. The van der Waals surface area contributed by atoms with E-state index in [-0.39, 0.29) is 16.6 Å². The zero-order chi connectivity index (χ0) is 15.0. The SMILES string of the molecule is O=C1CCc2cc(C(Br)c3ccc(F)cc3Cl)ccc2N1. The molecule has 1 aliphatic heterocycles. The fourth-order valence-corrected chi connectivity index (χ4v) is 3.54. The number of aryl methyl sites for hydroxylation is 1. The van der Waals surface area contributed by atoms with Crippen LogP contribution >= 0.6 is 27.5 Å². The van der Waals surface area contributed by atoms with Crippen LogP contribution in [0.1, 0.15) is 27.9 Å². The van der Waals surface area contributed by atoms with Gasteiger partial charge in [-0.05, 0) is 41.3 Å². The van der Waals surface area contributed by atoms with Gasteiger partial charge in [0.25, 0.3) is 0 Å². The van der Waals surface area contributed by atoms with E-state index in [4.69, 9.17) is 11.6 Å². The monoisotopic (exact) mass is 367 g/mol. The van der Waals surface area contributed by atoms with Gasteiger partial charge in [0.05, 0.1) is 4.83 Å². The average molecular weight is 369 g/mol. The van der Waals surface area contributed by atoms with Crippen molar-refractivity contribution in [2.45, 2.75) is 17.7 Å². The van der Waals surface area contributed by atoms with Gasteiger partial charge in [-0.1, -0.05) is 45.7 Å². The van der Waals surface area contributed by atoms with Gasteiger partial charge in [-0.3, -0.25) is 4.79 Å². The maximum atomic E-state index is 13.1. The molecule has 0 bridgehead atoms. The molecule has 2 aromatic rings. The third-order valence-electron chi connectivity index (χ3n) is 3.55. The Morgan fingerprint density at radius 3 is 2.76 bits per heavy atom. The number of halogens is 3. The lowest BCUT2D eigenvalue weighted by Crippen LogP contribution is -2.19. The number of rotatable bonds is 2. The summed E-state index contributed by atoms with van der Waals surface area (Å²) in [6.07, 6.45) is 1.23. The predicted molar refractivity (Wildman–Crippen MR) is 85.6 cm³/mol. The third kappa shape index (κ3) is 2.97. The lowest BCUT2D eigenvalue weighted by atomic mass is 9.97. The minimum atomic E-state index is -0.350. The van der Waals surface area contributed by atoms with Gasteiger partial charge in [-0.15, -0.1) is 0 Å². The molecule has 0 spiro atoms. The maximum Gasteiger partial charge on any atom is 0.224 e. The van der Waals surface area contributed by atoms with Crippen molar-refractivity contribution < 1.29 is 9.18 Å². The molecule has 0 saturated carbocycles. The van der Waals surface area contributed by atoms with Gasteiger partial charge in [-0.2, -0.15) is 0 Å². The van der Waals surface area contributed by atoms with Crippen molar-refractivity contribution in [2.75, 3.05) is 5.32 Å². The summed E-state index contributed by atoms with van der Waals surface area (Å²) in [4.78, 5) is 11.3. The molecule has 1 heterocycles. The van der Waals surface area contributed by atoms with E-state index in [0.29, 0.717) is 11.4 Å². The molecule has 0 saturated heterocycles. The Morgan fingerprint density at radius 2 is 2.00 bits per heavy atom. The van der Waals surface area contributed by atoms with Gasteiger partial charge in [0.2, 0.25) is 5.91 Å². The second-order valence-electron chi connectivity index (χ2n) is 4.99. The van der Waals surface area contributed by atoms with Crippen LogP contribution in [0.4, 0.5) is 10.1 Å². The van der Waals surface area contributed by atoms with Gasteiger partial charge in [-0.25, -0.2) is 4.39 Å². The summed E-state index contributed by atoms with van der Waals surface area (Å²) in [5.41, 5.74) is 3.81. The maximum absolute atomic E-state index is 13.1. The van der Waals surface area contributed by atoms with E-state index in [2.05, 4.69) is 21.2 Å². The Hall–Kier alpha value is -1.39. The molecule has 1 N–H and O–H groups in total. The zero-order valence-electron chi connectivity index (χ0n) is 11.0. The Labute approximate surface area is 135 Å². The molecule has 5 heteroatoms. The molecule has 0 fully saturated rings. The number of hydrogen-bond acceptors (Lipinski definition) is 1. The van der Waals surface area contributed by atoms with Crippen molar-refractivity contribution >= 4 is 39.1 Å². The second-order valence-corrected chi connectivity index (χ2v) is 6.32. The Bertz CT molecular complexity index is 719. The van der Waals surface area contributed by atoms with Crippen LogP contribution in [0, 0.1) is 5.82 Å². The number of amides is 1. The summed E-state index contributed by atoms with van der Waals surface area (Å²) in [7, 11) is 0. The number of hydrogen-bond donors (Lipinski definition) is 1. The van der Waals surface area contributed by atoms with Gasteiger partial charge >= 0.3 is 0 Å². The fraction of sp³-hybridized carbons (Fsp3) is 0.188. The average Bonchev–Trinajstić information content (AvgIpc) is 2.46. The van der Waals surface area contributed by atoms with Gasteiger partial charge in [0.1, 0.15) is 5.82 Å². The number of carbonyl (C=O) groups is 1. The predicted octanol–water partition coefficient (Wildman–Crippen LogP) is 4.85. The number of fused-ring (bicyclic) bond motifs is 1. The third-order valence-corrected chi connectivity index (χ3v) is 4.90. The number of alkyl halides is 1. The Morgan fingerprint density at radius 1 is 1.19 bits per heavy atom. The Kier molecular flexibility index (Phi) is 4.00. The molecule has 1 unspecified atom stereocenters. The first-order valence-corrected chi connectivity index (χ1v) is 7.85. The smallest absolute Gasteiger partial charge is 0.224 e. The number of nitrogens with one attached hydrogen (secondary N) is 1. The van der Waals surface area contributed by atoms with Crippen LogP contribution in [0.3, 0.4) is 0 Å². The molecule has 0 aromatic heterocycles. The highest BCUT2D eigenvalue weighted by molar-refractivity contribution is 9.09. The van der Waals surface area contributed by atoms with E-state index in [9.17, 15) is 9.18 Å². The molecule has 108 valence electrons. The topological polar surface area (TPSA) is 29.1 Å². The first-order chi connectivity index (χ1) is 10.0. The number of carbonyl (C=O) groups excluding carboxylic acids is 1. The van der Waals surface area contributed by atoms with Gasteiger partial charge in [0.15, 0.2) is 0 Å². The molecular weight excluding hydrogens is 357 g/mol. The van der Waals surface area contributed by atoms with Crippen molar-refractivity contribution in [3.8, 4) is 0 Å². The highest BCUT2D eigenvalue weighted by Gasteiger charge is 2.19. The van der Waals surface area contributed by atoms with E-state index in [0.717, 1.165) is 28.8 Å². The summed E-state index contributed by atoms with van der Waals surface area (Å²) < 4.78 is 13.1. The molecule has 1 atom stereocenters. The second kappa shape index (κ2) is 5.78. The van der Waals surface area contributed by atoms with Crippen LogP contribution in [0.15, 0.2) is 36.4 Å². The molecule has 1 amide bonds. The Balaban J connectivity index is 1.95. The lowest BCUT2D eigenvalue weighted by Gasteiger charge is -2.19. The fourth-order valence-electron chi connectivity index (χ4n) is 2.45. The highest BCUT2D eigenvalue weighted by Crippen LogP contribution is 2.37. The normalized spacial score (nSPS) is 15.3. The van der Waals surface area contributed by atoms with Crippen molar-refractivity contribution in [1.82, 2.24) is 0 Å². The molecule has 0 aliphatic carbocycles. The van der Waals surface area contributed by atoms with Crippen LogP contribution in [-0.2, 0) is 11.2 Å². The van der Waals surface area contributed by atoms with E-state index >= 15 is 0 Å². The quantitative estimate of drug-likeness (QED) is 0.755. The molecule has 3 rings (SSSR count). The van der Waals surface area contributed by atoms with E-state index < -0.39 is 0 Å². The summed E-state index contributed by atoms with van der Waals surface area (Å²) in [6.45, 7) is 0. The van der Waals surface area contributed by atoms with E-state index in [1.54, 1.807) is 6.07 Å². The molecule has 2 nitrogen and oxygen atoms in total. The summed E-state index contributed by atoms with van der Waals surface area (Å²) in [6, 6.07) is 10.3. The standard InChI is InChI=1S/C16H12BrClFNO/c17-16(12-4-3-11(19)8-13(12)18)10-1-5-14-9(7-10)2-6-15(21)20-14/h1,3-5,7-8,16H,2,6H2,(H,20,21). The van der Waals surface area contributed by atoms with Crippen molar-refractivity contribution in [3.63, 3.8) is 0 Å².